The van der Waals surface area contributed by atoms with Gasteiger partial charge in [0.2, 0.25) is 0 Å². The molecule has 1 saturated heterocycles. The molecule has 3 rings (SSSR count). The van der Waals surface area contributed by atoms with Gasteiger partial charge in [0, 0.05) is 31.4 Å². The standard InChI is InChI=1S/C17H20F3NO3/c18-12-7-10-1-2-13(14(10)16(20)15(12)19)21-8-11(17(22)23)9-3-5-24-6-4-9/h7,9,11,13,21H,1-6,8H2,(H,22,23). The third-order valence-corrected chi connectivity index (χ3v) is 5.07. The molecule has 0 aromatic heterocycles. The molecule has 1 heterocycles. The van der Waals surface area contributed by atoms with E-state index in [-0.39, 0.29) is 18.0 Å². The maximum absolute atomic E-state index is 14.1. The van der Waals surface area contributed by atoms with Crippen LogP contribution in [0.3, 0.4) is 0 Å². The first-order valence-corrected chi connectivity index (χ1v) is 8.19. The van der Waals surface area contributed by atoms with E-state index in [1.807, 2.05) is 0 Å². The van der Waals surface area contributed by atoms with E-state index < -0.39 is 35.4 Å². The molecule has 2 unspecified atom stereocenters. The van der Waals surface area contributed by atoms with Crippen LogP contribution in [0.1, 0.15) is 36.4 Å². The van der Waals surface area contributed by atoms with Crippen LogP contribution in [-0.4, -0.2) is 30.8 Å². The molecule has 132 valence electrons. The van der Waals surface area contributed by atoms with Crippen molar-refractivity contribution < 1.29 is 27.8 Å². The van der Waals surface area contributed by atoms with Gasteiger partial charge in [0.05, 0.1) is 5.92 Å². The Morgan fingerprint density at radius 1 is 1.25 bits per heavy atom. The summed E-state index contributed by atoms with van der Waals surface area (Å²) in [5.74, 6) is -5.33. The molecule has 0 amide bonds. The summed E-state index contributed by atoms with van der Waals surface area (Å²) in [7, 11) is 0. The lowest BCUT2D eigenvalue weighted by atomic mass is 9.85. The van der Waals surface area contributed by atoms with Crippen LogP contribution in [0.5, 0.6) is 0 Å². The molecule has 0 radical (unpaired) electrons. The van der Waals surface area contributed by atoms with E-state index in [0.717, 1.165) is 6.07 Å². The van der Waals surface area contributed by atoms with E-state index in [0.29, 0.717) is 44.5 Å². The van der Waals surface area contributed by atoms with Gasteiger partial charge in [0.1, 0.15) is 0 Å². The third kappa shape index (κ3) is 3.28. The van der Waals surface area contributed by atoms with Crippen LogP contribution in [0.25, 0.3) is 0 Å². The zero-order valence-corrected chi connectivity index (χ0v) is 13.2. The SMILES string of the molecule is O=C(O)C(CNC1CCc2cc(F)c(F)c(F)c21)C1CCOCC1. The summed E-state index contributed by atoms with van der Waals surface area (Å²) in [6.07, 6.45) is 2.29. The number of carboxylic acids is 1. The Kier molecular flexibility index (Phi) is 5.10. The number of carboxylic acid groups (broad SMARTS) is 1. The van der Waals surface area contributed by atoms with Crippen molar-refractivity contribution >= 4 is 5.97 Å². The Labute approximate surface area is 138 Å². The third-order valence-electron chi connectivity index (χ3n) is 5.07. The van der Waals surface area contributed by atoms with Crippen LogP contribution in [0, 0.1) is 29.3 Å². The number of carbonyl (C=O) groups is 1. The molecule has 1 aromatic carbocycles. The van der Waals surface area contributed by atoms with Crippen molar-refractivity contribution in [1.82, 2.24) is 5.32 Å². The molecule has 1 aliphatic carbocycles. The number of halogens is 3. The van der Waals surface area contributed by atoms with Gasteiger partial charge in [-0.1, -0.05) is 0 Å². The number of benzene rings is 1. The number of rotatable bonds is 5. The second-order valence-electron chi connectivity index (χ2n) is 6.45. The van der Waals surface area contributed by atoms with Crippen molar-refractivity contribution in [2.24, 2.45) is 11.8 Å². The average molecular weight is 343 g/mol. The van der Waals surface area contributed by atoms with Crippen LogP contribution in [-0.2, 0) is 16.0 Å². The molecule has 2 aliphatic rings. The van der Waals surface area contributed by atoms with Crippen molar-refractivity contribution in [2.45, 2.75) is 31.7 Å². The van der Waals surface area contributed by atoms with Crippen LogP contribution in [0.2, 0.25) is 0 Å². The van der Waals surface area contributed by atoms with E-state index in [2.05, 4.69) is 5.32 Å². The van der Waals surface area contributed by atoms with Gasteiger partial charge >= 0.3 is 5.97 Å². The Morgan fingerprint density at radius 3 is 2.62 bits per heavy atom. The molecule has 1 fully saturated rings. The fourth-order valence-corrected chi connectivity index (χ4v) is 3.73. The number of hydrogen-bond donors (Lipinski definition) is 2. The first-order chi connectivity index (χ1) is 11.5. The second kappa shape index (κ2) is 7.11. The number of hydrogen-bond acceptors (Lipinski definition) is 3. The Bertz CT molecular complexity index is 632. The van der Waals surface area contributed by atoms with Crippen molar-refractivity contribution in [2.75, 3.05) is 19.8 Å². The summed E-state index contributed by atoms with van der Waals surface area (Å²) in [5.41, 5.74) is 0.576. The molecular formula is C17H20F3NO3. The van der Waals surface area contributed by atoms with Gasteiger partial charge in [-0.05, 0) is 43.2 Å². The van der Waals surface area contributed by atoms with E-state index >= 15 is 0 Å². The highest BCUT2D eigenvalue weighted by Gasteiger charge is 2.33. The van der Waals surface area contributed by atoms with Gasteiger partial charge in [-0.25, -0.2) is 13.2 Å². The fraction of sp³-hybridized carbons (Fsp3) is 0.588. The molecule has 7 heteroatoms. The molecule has 0 spiro atoms. The highest BCUT2D eigenvalue weighted by molar-refractivity contribution is 5.70. The van der Waals surface area contributed by atoms with Crippen LogP contribution >= 0.6 is 0 Å². The minimum atomic E-state index is -1.47. The smallest absolute Gasteiger partial charge is 0.308 e. The molecule has 0 bridgehead atoms. The highest BCUT2D eigenvalue weighted by Crippen LogP contribution is 2.36. The van der Waals surface area contributed by atoms with Gasteiger partial charge in [0.25, 0.3) is 0 Å². The first kappa shape index (κ1) is 17.2. The topological polar surface area (TPSA) is 58.6 Å². The monoisotopic (exact) mass is 343 g/mol. The zero-order valence-electron chi connectivity index (χ0n) is 13.2. The number of fused-ring (bicyclic) bond motifs is 1. The van der Waals surface area contributed by atoms with E-state index in [9.17, 15) is 23.1 Å². The summed E-state index contributed by atoms with van der Waals surface area (Å²) in [5, 5.41) is 12.5. The minimum Gasteiger partial charge on any atom is -0.481 e. The predicted molar refractivity (Wildman–Crippen MR) is 80.0 cm³/mol. The fourth-order valence-electron chi connectivity index (χ4n) is 3.73. The Balaban J connectivity index is 1.71. The van der Waals surface area contributed by atoms with Crippen molar-refractivity contribution in [3.63, 3.8) is 0 Å². The normalized spacial score (nSPS) is 22.4. The van der Waals surface area contributed by atoms with Crippen molar-refractivity contribution in [3.05, 3.63) is 34.6 Å². The van der Waals surface area contributed by atoms with Crippen LogP contribution in [0.4, 0.5) is 13.2 Å². The molecule has 24 heavy (non-hydrogen) atoms. The lowest BCUT2D eigenvalue weighted by Crippen LogP contribution is -2.37. The summed E-state index contributed by atoms with van der Waals surface area (Å²) >= 11 is 0. The molecule has 1 aliphatic heterocycles. The highest BCUT2D eigenvalue weighted by atomic mass is 19.2. The van der Waals surface area contributed by atoms with Gasteiger partial charge in [-0.3, -0.25) is 4.79 Å². The molecule has 0 saturated carbocycles. The summed E-state index contributed by atoms with van der Waals surface area (Å²) < 4.78 is 46.1. The van der Waals surface area contributed by atoms with Gasteiger partial charge in [0.15, 0.2) is 17.5 Å². The average Bonchev–Trinajstić information content (AvgIpc) is 2.96. The van der Waals surface area contributed by atoms with Gasteiger partial charge < -0.3 is 15.2 Å². The largest absolute Gasteiger partial charge is 0.481 e. The summed E-state index contributed by atoms with van der Waals surface area (Å²) in [6.45, 7) is 1.25. The lowest BCUT2D eigenvalue weighted by molar-refractivity contribution is -0.144. The number of ether oxygens (including phenoxy) is 1. The van der Waals surface area contributed by atoms with E-state index in [4.69, 9.17) is 4.74 Å². The summed E-state index contributed by atoms with van der Waals surface area (Å²) in [6, 6.07) is 0.541. The number of nitrogens with one attached hydrogen (secondary N) is 1. The molecule has 1 aromatic rings. The predicted octanol–water partition coefficient (Wildman–Crippen LogP) is 2.81. The minimum absolute atomic E-state index is 0.000533. The van der Waals surface area contributed by atoms with Gasteiger partial charge in [-0.15, -0.1) is 0 Å². The lowest BCUT2D eigenvalue weighted by Gasteiger charge is -2.29. The Hall–Kier alpha value is -1.60. The van der Waals surface area contributed by atoms with Crippen LogP contribution in [0.15, 0.2) is 6.07 Å². The van der Waals surface area contributed by atoms with E-state index in [1.165, 1.54) is 0 Å². The first-order valence-electron chi connectivity index (χ1n) is 8.19. The summed E-state index contributed by atoms with van der Waals surface area (Å²) in [4.78, 5) is 11.6. The zero-order chi connectivity index (χ0) is 17.3. The van der Waals surface area contributed by atoms with Crippen LogP contribution < -0.4 is 5.32 Å². The number of aliphatic carboxylic acids is 1. The number of aryl methyl sites for hydroxylation is 1. The maximum atomic E-state index is 14.1. The molecule has 2 N–H and O–H groups in total. The maximum Gasteiger partial charge on any atom is 0.308 e. The van der Waals surface area contributed by atoms with Crippen molar-refractivity contribution in [3.8, 4) is 0 Å². The van der Waals surface area contributed by atoms with Crippen molar-refractivity contribution in [1.29, 1.82) is 0 Å². The second-order valence-corrected chi connectivity index (χ2v) is 6.45. The van der Waals surface area contributed by atoms with E-state index in [1.54, 1.807) is 0 Å². The Morgan fingerprint density at radius 2 is 1.96 bits per heavy atom. The molecule has 2 atom stereocenters. The quantitative estimate of drug-likeness (QED) is 0.807. The molecular weight excluding hydrogens is 323 g/mol. The molecule has 4 nitrogen and oxygen atoms in total. The van der Waals surface area contributed by atoms with Gasteiger partial charge in [-0.2, -0.15) is 0 Å².